The molecule has 1 saturated heterocycles. The van der Waals surface area contributed by atoms with E-state index in [1.165, 1.54) is 0 Å². The molecule has 0 saturated carbocycles. The van der Waals surface area contributed by atoms with Gasteiger partial charge in [-0.25, -0.2) is 4.79 Å². The Morgan fingerprint density at radius 2 is 2.18 bits per heavy atom. The number of nitrogens with zero attached hydrogens (tertiary/aromatic N) is 1. The maximum atomic E-state index is 11.3. The van der Waals surface area contributed by atoms with Crippen LogP contribution in [0.3, 0.4) is 0 Å². The van der Waals surface area contributed by atoms with Gasteiger partial charge in [0.1, 0.15) is 0 Å². The maximum Gasteiger partial charge on any atom is 0.317 e. The molecule has 0 bridgehead atoms. The number of nitrogens with one attached hydrogen (secondary N) is 2. The summed E-state index contributed by atoms with van der Waals surface area (Å²) >= 11 is 0. The third-order valence-corrected chi connectivity index (χ3v) is 3.84. The van der Waals surface area contributed by atoms with Crippen LogP contribution in [0, 0.1) is 5.41 Å². The van der Waals surface area contributed by atoms with E-state index in [2.05, 4.69) is 24.5 Å². The third-order valence-electron chi connectivity index (χ3n) is 3.84. The van der Waals surface area contributed by atoms with Crippen molar-refractivity contribution in [2.24, 2.45) is 5.41 Å². The van der Waals surface area contributed by atoms with E-state index >= 15 is 0 Å². The molecule has 1 heterocycles. The largest absolute Gasteiger partial charge is 0.396 e. The van der Waals surface area contributed by atoms with Gasteiger partial charge in [0.25, 0.3) is 0 Å². The van der Waals surface area contributed by atoms with Crippen molar-refractivity contribution in [3.63, 3.8) is 0 Å². The van der Waals surface area contributed by atoms with E-state index in [1.807, 2.05) is 4.90 Å². The number of carbonyl (C=O) groups is 1. The quantitative estimate of drug-likeness (QED) is 0.541. The molecule has 3 N–H and O–H groups in total. The molecule has 1 fully saturated rings. The summed E-state index contributed by atoms with van der Waals surface area (Å²) in [6, 6.07) is 0.0335. The van der Waals surface area contributed by atoms with Gasteiger partial charge in [0.15, 0.2) is 0 Å². The highest BCUT2D eigenvalue weighted by Gasteiger charge is 2.25. The number of urea groups is 1. The second kappa shape index (κ2) is 6.81. The molecule has 100 valence electrons. The Balaban J connectivity index is 2.20. The second-order valence-electron chi connectivity index (χ2n) is 4.76. The summed E-state index contributed by atoms with van der Waals surface area (Å²) in [6.07, 6.45) is 1.94. The fourth-order valence-electron chi connectivity index (χ4n) is 2.07. The number of aliphatic hydroxyl groups excluding tert-OH is 1. The van der Waals surface area contributed by atoms with Crippen molar-refractivity contribution in [1.82, 2.24) is 15.5 Å². The Morgan fingerprint density at radius 3 is 2.65 bits per heavy atom. The van der Waals surface area contributed by atoms with E-state index in [4.69, 9.17) is 0 Å². The number of hydrogen-bond acceptors (Lipinski definition) is 3. The van der Waals surface area contributed by atoms with Crippen LogP contribution < -0.4 is 10.6 Å². The predicted molar refractivity (Wildman–Crippen MR) is 67.9 cm³/mol. The normalized spacial score (nSPS) is 16.4. The van der Waals surface area contributed by atoms with Gasteiger partial charge in [-0.05, 0) is 12.8 Å². The highest BCUT2D eigenvalue weighted by atomic mass is 16.3. The molecule has 0 aromatic carbocycles. The van der Waals surface area contributed by atoms with Crippen molar-refractivity contribution >= 4 is 6.03 Å². The van der Waals surface area contributed by atoms with Gasteiger partial charge in [-0.1, -0.05) is 13.8 Å². The lowest BCUT2D eigenvalue weighted by Crippen LogP contribution is -2.40. The number of rotatable bonds is 8. The first kappa shape index (κ1) is 14.3. The van der Waals surface area contributed by atoms with Crippen molar-refractivity contribution < 1.29 is 9.90 Å². The molecule has 1 rings (SSSR count). The summed E-state index contributed by atoms with van der Waals surface area (Å²) in [4.78, 5) is 13.1. The fraction of sp³-hybridized carbons (Fsp3) is 0.917. The van der Waals surface area contributed by atoms with Crippen molar-refractivity contribution in [3.05, 3.63) is 0 Å². The number of amides is 2. The van der Waals surface area contributed by atoms with E-state index in [-0.39, 0.29) is 18.1 Å². The van der Waals surface area contributed by atoms with E-state index in [0.717, 1.165) is 45.6 Å². The van der Waals surface area contributed by atoms with Crippen molar-refractivity contribution in [1.29, 1.82) is 0 Å². The molecule has 2 amide bonds. The van der Waals surface area contributed by atoms with Crippen LogP contribution >= 0.6 is 0 Å². The first-order chi connectivity index (χ1) is 8.17. The van der Waals surface area contributed by atoms with Gasteiger partial charge < -0.3 is 20.6 Å². The van der Waals surface area contributed by atoms with E-state index < -0.39 is 0 Å². The van der Waals surface area contributed by atoms with Gasteiger partial charge in [-0.15, -0.1) is 0 Å². The average Bonchev–Trinajstić information content (AvgIpc) is 2.76. The molecule has 17 heavy (non-hydrogen) atoms. The molecule has 0 atom stereocenters. The topological polar surface area (TPSA) is 64.6 Å². The van der Waals surface area contributed by atoms with Crippen molar-refractivity contribution in [2.75, 3.05) is 39.3 Å². The van der Waals surface area contributed by atoms with Gasteiger partial charge >= 0.3 is 6.03 Å². The van der Waals surface area contributed by atoms with Gasteiger partial charge in [0.05, 0.1) is 0 Å². The SMILES string of the molecule is CCC(CC)(CO)CNCCN1CCNC1=O. The van der Waals surface area contributed by atoms with Crippen LogP contribution in [0.5, 0.6) is 0 Å². The highest BCUT2D eigenvalue weighted by molar-refractivity contribution is 5.76. The average molecular weight is 243 g/mol. The first-order valence-corrected chi connectivity index (χ1v) is 6.52. The van der Waals surface area contributed by atoms with Crippen LogP contribution in [0.4, 0.5) is 4.79 Å². The van der Waals surface area contributed by atoms with E-state index in [1.54, 1.807) is 0 Å². The Hall–Kier alpha value is -0.810. The molecule has 0 radical (unpaired) electrons. The van der Waals surface area contributed by atoms with Gasteiger partial charge in [0, 0.05) is 44.7 Å². The van der Waals surface area contributed by atoms with Crippen LogP contribution in [-0.2, 0) is 0 Å². The lowest BCUT2D eigenvalue weighted by Gasteiger charge is -2.30. The number of carbonyl (C=O) groups excluding carboxylic acids is 1. The minimum absolute atomic E-state index is 0.00668. The van der Waals surface area contributed by atoms with Crippen LogP contribution in [-0.4, -0.2) is 55.4 Å². The molecule has 1 aliphatic rings. The van der Waals surface area contributed by atoms with Gasteiger partial charge in [-0.3, -0.25) is 0 Å². The zero-order chi connectivity index (χ0) is 12.7. The summed E-state index contributed by atoms with van der Waals surface area (Å²) < 4.78 is 0. The second-order valence-corrected chi connectivity index (χ2v) is 4.76. The van der Waals surface area contributed by atoms with Gasteiger partial charge in [0.2, 0.25) is 0 Å². The Morgan fingerprint density at radius 1 is 1.47 bits per heavy atom. The fourth-order valence-corrected chi connectivity index (χ4v) is 2.07. The van der Waals surface area contributed by atoms with Crippen LogP contribution in [0.1, 0.15) is 26.7 Å². The lowest BCUT2D eigenvalue weighted by atomic mass is 9.83. The molecule has 5 heteroatoms. The molecule has 0 spiro atoms. The van der Waals surface area contributed by atoms with E-state index in [0.29, 0.717) is 0 Å². The Kier molecular flexibility index (Phi) is 5.71. The molecule has 0 unspecified atom stereocenters. The molecule has 5 nitrogen and oxygen atoms in total. The molecular weight excluding hydrogens is 218 g/mol. The highest BCUT2D eigenvalue weighted by Crippen LogP contribution is 2.24. The lowest BCUT2D eigenvalue weighted by molar-refractivity contribution is 0.113. The monoisotopic (exact) mass is 243 g/mol. The first-order valence-electron chi connectivity index (χ1n) is 6.52. The summed E-state index contributed by atoms with van der Waals surface area (Å²) in [5.41, 5.74) is -0.00668. The smallest absolute Gasteiger partial charge is 0.317 e. The Bertz CT molecular complexity index is 234. The maximum absolute atomic E-state index is 11.3. The minimum atomic E-state index is -0.00668. The standard InChI is InChI=1S/C12H25N3O2/c1-3-12(4-2,10-16)9-13-5-7-15-8-6-14-11(15)17/h13,16H,3-10H2,1-2H3,(H,14,17). The minimum Gasteiger partial charge on any atom is -0.396 e. The summed E-state index contributed by atoms with van der Waals surface area (Å²) in [5.74, 6) is 0. The third kappa shape index (κ3) is 3.85. The predicted octanol–water partition coefficient (Wildman–Crippen LogP) is 0.400. The van der Waals surface area contributed by atoms with Crippen molar-refractivity contribution in [2.45, 2.75) is 26.7 Å². The van der Waals surface area contributed by atoms with Crippen LogP contribution in [0.25, 0.3) is 0 Å². The summed E-state index contributed by atoms with van der Waals surface area (Å²) in [5, 5.41) is 15.5. The number of hydrogen-bond donors (Lipinski definition) is 3. The molecule has 1 aliphatic heterocycles. The summed E-state index contributed by atoms with van der Waals surface area (Å²) in [6.45, 7) is 8.32. The van der Waals surface area contributed by atoms with E-state index in [9.17, 15) is 9.90 Å². The number of aliphatic hydroxyl groups is 1. The summed E-state index contributed by atoms with van der Waals surface area (Å²) in [7, 11) is 0. The van der Waals surface area contributed by atoms with Crippen LogP contribution in [0.2, 0.25) is 0 Å². The Labute approximate surface area is 104 Å². The van der Waals surface area contributed by atoms with Gasteiger partial charge in [-0.2, -0.15) is 0 Å². The molecular formula is C12H25N3O2. The molecule has 0 aliphatic carbocycles. The zero-order valence-corrected chi connectivity index (χ0v) is 11.0. The molecule has 0 aromatic heterocycles. The molecule has 0 aromatic rings. The van der Waals surface area contributed by atoms with Crippen molar-refractivity contribution in [3.8, 4) is 0 Å². The zero-order valence-electron chi connectivity index (χ0n) is 11.0. The van der Waals surface area contributed by atoms with Crippen LogP contribution in [0.15, 0.2) is 0 Å².